The van der Waals surface area contributed by atoms with E-state index in [9.17, 15) is 28.8 Å². The van der Waals surface area contributed by atoms with Crippen molar-refractivity contribution in [1.29, 1.82) is 0 Å². The summed E-state index contributed by atoms with van der Waals surface area (Å²) < 4.78 is 43.2. The van der Waals surface area contributed by atoms with Gasteiger partial charge in [0, 0.05) is 85.6 Å². The summed E-state index contributed by atoms with van der Waals surface area (Å²) in [5, 5.41) is 51.5. The molecule has 0 heterocycles. The highest BCUT2D eigenvalue weighted by Crippen LogP contribution is 2.41. The smallest absolute Gasteiger partial charge is 0.343 e. The molecule has 0 aromatic heterocycles. The van der Waals surface area contributed by atoms with Gasteiger partial charge in [-0.2, -0.15) is 10.2 Å². The lowest BCUT2D eigenvalue weighted by atomic mass is 10.1. The third kappa shape index (κ3) is 31.9. The standard InChI is InChI=1S/C51H47N5O5.C50H45N5O6.C17H24O3/c1-35(2)50(57)60-33-11-5-4-10-32-59-40-26-20-38(21-27-40)51(58)61-41-24-18-37(19-25-41)34-52-46-28-29-48(43-13-7-6-12-42(43)46)55-56-49-31-30-47(44-14-8-9-15-45(44)49)54-53-39-22-16-36(3)17-23-39;1-34-15-19-38(20-16-34)50(58)61-40-25-17-36(18-26-40)33-51-45-27-28-47(42-12-6-5-11-41(42)45)54-55-48-30-29-46(43-13-7-8-14-44(43)48)53-52-39-23-21-37(22-24-39)49(57)60-32-10-4-3-9-31-59-35(2)56;1-14(2)17(18)20-13-7-5-4-6-12-19-16-10-8-15(3)9-11-16/h6-9,12-31,52H,1,4-5,10-11,32-34H2,2-3H3;5-8,11-30,51H,3-4,9-10,31-33H2,1-2H3;8-11H,1,4-7,12-13H2,2-3H3. The molecule has 24 nitrogen and oxygen atoms in total. The van der Waals surface area contributed by atoms with Crippen molar-refractivity contribution in [3.05, 3.63) is 384 Å². The Morgan fingerprint density at radius 2 is 0.514 bits per heavy atom. The molecule has 0 unspecified atom stereocenters. The number of carbonyl (C=O) groups excluding carboxylic acids is 6. The maximum atomic E-state index is 12.9. The van der Waals surface area contributed by atoms with E-state index in [1.165, 1.54) is 18.1 Å². The van der Waals surface area contributed by atoms with Crippen LogP contribution in [-0.2, 0) is 46.4 Å². The molecule has 0 saturated heterocycles. The molecule has 0 aliphatic rings. The number of nitrogens with one attached hydrogen (secondary N) is 2. The fourth-order valence-electron chi connectivity index (χ4n) is 14.8. The number of esters is 6. The van der Waals surface area contributed by atoms with Crippen molar-refractivity contribution in [1.82, 2.24) is 0 Å². The Morgan fingerprint density at radius 3 is 0.866 bits per heavy atom. The van der Waals surface area contributed by atoms with E-state index in [1.807, 2.05) is 232 Å². The van der Waals surface area contributed by atoms with Crippen molar-refractivity contribution < 1.29 is 66.7 Å². The number of unbranched alkanes of at least 4 members (excludes halogenated alkanes) is 9. The summed E-state index contributed by atoms with van der Waals surface area (Å²) in [6.45, 7) is 21.9. The highest BCUT2D eigenvalue weighted by molar-refractivity contribution is 6.04. The summed E-state index contributed by atoms with van der Waals surface area (Å²) in [5.41, 5.74) is 15.5. The fourth-order valence-corrected chi connectivity index (χ4v) is 14.8. The van der Waals surface area contributed by atoms with Gasteiger partial charge in [-0.3, -0.25) is 4.79 Å². The number of hydrogen-bond donors (Lipinski definition) is 2. The normalized spacial score (nSPS) is 11.1. The lowest BCUT2D eigenvalue weighted by Gasteiger charge is -2.12. The van der Waals surface area contributed by atoms with E-state index in [-0.39, 0.29) is 23.9 Å². The Kier molecular flexibility index (Phi) is 38.9. The maximum Gasteiger partial charge on any atom is 0.343 e. The van der Waals surface area contributed by atoms with Gasteiger partial charge in [-0.05, 0) is 281 Å². The molecule has 15 aromatic rings. The van der Waals surface area contributed by atoms with E-state index < -0.39 is 11.9 Å². The average Bonchev–Trinajstić information content (AvgIpc) is 0.796. The van der Waals surface area contributed by atoms with Crippen molar-refractivity contribution in [2.24, 2.45) is 40.9 Å². The maximum absolute atomic E-state index is 12.9. The van der Waals surface area contributed by atoms with Crippen LogP contribution in [0.25, 0.3) is 43.1 Å². The molecule has 0 aliphatic heterocycles. The van der Waals surface area contributed by atoms with Crippen LogP contribution in [0.15, 0.2) is 381 Å². The van der Waals surface area contributed by atoms with Crippen LogP contribution in [0.3, 0.4) is 0 Å². The predicted octanol–water partition coefficient (Wildman–Crippen LogP) is 31.3. The quantitative estimate of drug-likeness (QED) is 0.00895. The van der Waals surface area contributed by atoms with Crippen LogP contribution < -0.4 is 29.6 Å². The van der Waals surface area contributed by atoms with Crippen molar-refractivity contribution in [2.45, 2.75) is 132 Å². The molecular formula is C118H116N10O14. The predicted molar refractivity (Wildman–Crippen MR) is 561 cm³/mol. The molecule has 142 heavy (non-hydrogen) atoms. The zero-order valence-corrected chi connectivity index (χ0v) is 80.9. The number of ether oxygens (including phenoxy) is 8. The average molecular weight is 1900 g/mol. The van der Waals surface area contributed by atoms with Gasteiger partial charge < -0.3 is 48.5 Å². The highest BCUT2D eigenvalue weighted by Gasteiger charge is 2.17. The number of fused-ring (bicyclic) bond motifs is 4. The third-order valence-corrected chi connectivity index (χ3v) is 22.8. The zero-order valence-electron chi connectivity index (χ0n) is 80.9. The zero-order chi connectivity index (χ0) is 99.6. The molecule has 24 heteroatoms. The van der Waals surface area contributed by atoms with Gasteiger partial charge >= 0.3 is 35.8 Å². The van der Waals surface area contributed by atoms with Crippen molar-refractivity contribution in [2.75, 3.05) is 50.3 Å². The van der Waals surface area contributed by atoms with Gasteiger partial charge in [-0.1, -0.05) is 188 Å². The molecular weight excluding hydrogens is 1780 g/mol. The molecule has 0 spiro atoms. The summed E-state index contributed by atoms with van der Waals surface area (Å²) in [4.78, 5) is 71.3. The molecule has 0 amide bonds. The van der Waals surface area contributed by atoms with Crippen LogP contribution in [-0.4, -0.2) is 75.5 Å². The van der Waals surface area contributed by atoms with Crippen LogP contribution in [0.4, 0.5) is 56.9 Å². The van der Waals surface area contributed by atoms with Gasteiger partial charge in [0.15, 0.2) is 0 Å². The van der Waals surface area contributed by atoms with Crippen molar-refractivity contribution in [3.63, 3.8) is 0 Å². The van der Waals surface area contributed by atoms with E-state index >= 15 is 0 Å². The van der Waals surface area contributed by atoms with E-state index in [0.29, 0.717) is 108 Å². The molecule has 722 valence electrons. The first-order valence-electron chi connectivity index (χ1n) is 47.7. The van der Waals surface area contributed by atoms with E-state index in [1.54, 1.807) is 98.8 Å². The van der Waals surface area contributed by atoms with Crippen molar-refractivity contribution in [3.8, 4) is 23.0 Å². The molecule has 0 saturated carbocycles. The lowest BCUT2D eigenvalue weighted by molar-refractivity contribution is -0.141. The first kappa shape index (κ1) is 103. The van der Waals surface area contributed by atoms with Gasteiger partial charge in [-0.25, -0.2) is 24.0 Å². The highest BCUT2D eigenvalue weighted by atomic mass is 16.6. The monoisotopic (exact) mass is 1900 g/mol. The third-order valence-electron chi connectivity index (χ3n) is 22.8. The van der Waals surface area contributed by atoms with Crippen LogP contribution in [0.1, 0.15) is 157 Å². The number of benzene rings is 15. The molecule has 0 atom stereocenters. The first-order valence-corrected chi connectivity index (χ1v) is 47.7. The van der Waals surface area contributed by atoms with Crippen LogP contribution in [0, 0.1) is 20.8 Å². The summed E-state index contributed by atoms with van der Waals surface area (Å²) in [6, 6.07) is 99.6. The Hall–Kier alpha value is -16.8. The second kappa shape index (κ2) is 53.8. The number of aryl methyl sites for hydroxylation is 3. The van der Waals surface area contributed by atoms with Crippen LogP contribution in [0.5, 0.6) is 23.0 Å². The largest absolute Gasteiger partial charge is 0.494 e. The number of rotatable bonds is 44. The number of azo groups is 4. The van der Waals surface area contributed by atoms with Crippen LogP contribution >= 0.6 is 0 Å². The summed E-state index contributed by atoms with van der Waals surface area (Å²) in [7, 11) is 0. The van der Waals surface area contributed by atoms with Gasteiger partial charge in [0.25, 0.3) is 0 Å². The molecule has 0 aliphatic carbocycles. The SMILES string of the molecule is C=C(C)C(=O)OCCCCCCOc1ccc(C(=O)Oc2ccc(CNc3ccc(N=Nc4ccc(N=Nc5ccc(C)cc5)c5ccccc45)c4ccccc34)cc2)cc1.C=C(C)C(=O)OCCCCCCOc1ccc(C)cc1.CC(=O)OCCCCCCOC(=O)c1ccc(N=Nc2ccc(N=Nc3ccc(NCc4ccc(OC(=O)c5ccc(C)cc5)cc4)c4ccccc34)c3ccccc23)cc1. The molecule has 15 aromatic carbocycles. The summed E-state index contributed by atoms with van der Waals surface area (Å²) in [6.07, 6.45) is 10.9. The number of carbonyl (C=O) groups is 6. The summed E-state index contributed by atoms with van der Waals surface area (Å²) in [5.74, 6) is 0.406. The van der Waals surface area contributed by atoms with Gasteiger partial charge in [0.2, 0.25) is 0 Å². The van der Waals surface area contributed by atoms with E-state index in [4.69, 9.17) is 58.4 Å². The molecule has 2 N–H and O–H groups in total. The molecule has 0 fully saturated rings. The van der Waals surface area contributed by atoms with Gasteiger partial charge in [-0.15, -0.1) is 30.7 Å². The second-order valence-electron chi connectivity index (χ2n) is 34.1. The molecule has 15 rings (SSSR count). The minimum Gasteiger partial charge on any atom is -0.494 e. The number of anilines is 2. The number of hydrogen-bond acceptors (Lipinski definition) is 24. The number of nitrogens with zero attached hydrogens (tertiary/aromatic N) is 8. The van der Waals surface area contributed by atoms with Crippen molar-refractivity contribution >= 4 is 136 Å². The van der Waals surface area contributed by atoms with Gasteiger partial charge in [0.1, 0.15) is 23.0 Å². The minimum absolute atomic E-state index is 0.272. The molecule has 0 bridgehead atoms. The second-order valence-corrected chi connectivity index (χ2v) is 34.1. The Labute approximate surface area is 827 Å². The Bertz CT molecular complexity index is 6950. The minimum atomic E-state index is -0.445. The topological polar surface area (TPSA) is 299 Å². The Balaban J connectivity index is 0.000000200. The fraction of sp³-hybridized carbons (Fsp3) is 0.220. The van der Waals surface area contributed by atoms with Crippen LogP contribution in [0.2, 0.25) is 0 Å². The Morgan fingerprint density at radius 1 is 0.254 bits per heavy atom. The first-order chi connectivity index (χ1) is 69.2. The molecule has 0 radical (unpaired) electrons. The van der Waals surface area contributed by atoms with Gasteiger partial charge in [0.05, 0.1) is 102 Å². The van der Waals surface area contributed by atoms with E-state index in [0.717, 1.165) is 189 Å². The lowest BCUT2D eigenvalue weighted by Crippen LogP contribution is -2.08. The summed E-state index contributed by atoms with van der Waals surface area (Å²) >= 11 is 0. The van der Waals surface area contributed by atoms with E-state index in [2.05, 4.69) is 63.3 Å².